The van der Waals surface area contributed by atoms with Crippen molar-refractivity contribution in [1.82, 2.24) is 0 Å². The Balaban J connectivity index is 4.34. The van der Waals surface area contributed by atoms with Gasteiger partial charge in [-0.05, 0) is 46.0 Å². The van der Waals surface area contributed by atoms with Crippen LogP contribution >= 0.6 is 0 Å². The number of carbonyl (C=O) groups excluding carboxylic acids is 1. The Morgan fingerprint density at radius 1 is 1.05 bits per heavy atom. The first-order valence-electron chi connectivity index (χ1n) is 8.10. The van der Waals surface area contributed by atoms with E-state index in [1.165, 1.54) is 0 Å². The highest BCUT2D eigenvalue weighted by molar-refractivity contribution is 5.76. The lowest BCUT2D eigenvalue weighted by atomic mass is 9.80. The van der Waals surface area contributed by atoms with E-state index in [1.807, 2.05) is 6.08 Å². The van der Waals surface area contributed by atoms with Crippen LogP contribution in [0, 0.1) is 5.41 Å². The molecule has 0 rings (SSSR count). The van der Waals surface area contributed by atoms with Crippen LogP contribution in [0.4, 0.5) is 13.2 Å². The minimum absolute atomic E-state index is 0.0325. The van der Waals surface area contributed by atoms with Crippen molar-refractivity contribution in [3.8, 4) is 0 Å². The van der Waals surface area contributed by atoms with Gasteiger partial charge >= 0.3 is 12.1 Å². The third kappa shape index (κ3) is 9.85. The van der Waals surface area contributed by atoms with Crippen LogP contribution in [0.15, 0.2) is 12.7 Å². The normalized spacial score (nSPS) is 14.4. The third-order valence-corrected chi connectivity index (χ3v) is 3.84. The Morgan fingerprint density at radius 2 is 1.64 bits per heavy atom. The maximum atomic E-state index is 12.3. The van der Waals surface area contributed by atoms with Crippen molar-refractivity contribution in [3.05, 3.63) is 12.7 Å². The summed E-state index contributed by atoms with van der Waals surface area (Å²) in [5.41, 5.74) is -0.806. The molecular formula is C17H29F3O2. The number of allylic oxidation sites excluding steroid dienone is 1. The zero-order valence-corrected chi connectivity index (χ0v) is 13.8. The van der Waals surface area contributed by atoms with Crippen LogP contribution in [0.5, 0.6) is 0 Å². The average Bonchev–Trinajstić information content (AvgIpc) is 2.41. The van der Waals surface area contributed by atoms with Gasteiger partial charge in [-0.25, -0.2) is 0 Å². The van der Waals surface area contributed by atoms with E-state index in [4.69, 9.17) is 4.74 Å². The van der Waals surface area contributed by atoms with Crippen molar-refractivity contribution >= 4 is 5.97 Å². The van der Waals surface area contributed by atoms with E-state index in [-0.39, 0.29) is 25.4 Å². The van der Waals surface area contributed by atoms with Crippen molar-refractivity contribution in [2.75, 3.05) is 6.61 Å². The summed E-state index contributed by atoms with van der Waals surface area (Å²) in [6.07, 6.45) is 2.52. The molecule has 0 radical (unpaired) electrons. The van der Waals surface area contributed by atoms with E-state index >= 15 is 0 Å². The second kappa shape index (κ2) is 10.7. The second-order valence-corrected chi connectivity index (χ2v) is 5.99. The molecule has 2 nitrogen and oxygen atoms in total. The van der Waals surface area contributed by atoms with Crippen molar-refractivity contribution in [2.45, 2.75) is 77.8 Å². The van der Waals surface area contributed by atoms with E-state index in [0.717, 1.165) is 32.1 Å². The van der Waals surface area contributed by atoms with Crippen molar-refractivity contribution in [1.29, 1.82) is 0 Å². The molecule has 5 heteroatoms. The maximum Gasteiger partial charge on any atom is 0.389 e. The lowest BCUT2D eigenvalue weighted by Crippen LogP contribution is -2.30. The molecule has 0 spiro atoms. The van der Waals surface area contributed by atoms with Crippen LogP contribution in [0.2, 0.25) is 0 Å². The van der Waals surface area contributed by atoms with Crippen LogP contribution in [0.25, 0.3) is 0 Å². The monoisotopic (exact) mass is 322 g/mol. The Morgan fingerprint density at radius 3 is 2.18 bits per heavy atom. The molecule has 0 aromatic rings. The van der Waals surface area contributed by atoms with Gasteiger partial charge in [0.15, 0.2) is 0 Å². The number of halogens is 3. The number of hydrogen-bond acceptors (Lipinski definition) is 2. The van der Waals surface area contributed by atoms with Gasteiger partial charge in [0.25, 0.3) is 0 Å². The number of carbonyl (C=O) groups is 1. The minimum Gasteiger partial charge on any atom is -0.466 e. The zero-order chi connectivity index (χ0) is 17.1. The Labute approximate surface area is 132 Å². The van der Waals surface area contributed by atoms with Gasteiger partial charge in [0.05, 0.1) is 12.0 Å². The highest BCUT2D eigenvalue weighted by Gasteiger charge is 2.35. The molecule has 1 unspecified atom stereocenters. The topological polar surface area (TPSA) is 26.3 Å². The standard InChI is InChI=1S/C17H29F3O2/c1-4-6-7-8-9-10-12-16(3,15(21)22-5-2)13-11-14-17(18,19)20/h4H,1,5-14H2,2-3H3. The van der Waals surface area contributed by atoms with Crippen LogP contribution in [0.1, 0.15) is 71.6 Å². The van der Waals surface area contributed by atoms with Crippen LogP contribution in [0.3, 0.4) is 0 Å². The van der Waals surface area contributed by atoms with E-state index in [1.54, 1.807) is 13.8 Å². The maximum absolute atomic E-state index is 12.3. The van der Waals surface area contributed by atoms with E-state index in [2.05, 4.69) is 6.58 Å². The molecule has 0 amide bonds. The first-order chi connectivity index (χ1) is 10.2. The summed E-state index contributed by atoms with van der Waals surface area (Å²) in [5, 5.41) is 0. The average molecular weight is 322 g/mol. The molecular weight excluding hydrogens is 293 g/mol. The quantitative estimate of drug-likeness (QED) is 0.257. The number of rotatable bonds is 12. The number of alkyl halides is 3. The molecule has 1 atom stereocenters. The SMILES string of the molecule is C=CCCCCCCC(C)(CCCC(F)(F)F)C(=O)OCC. The van der Waals surface area contributed by atoms with Gasteiger partial charge in [-0.15, -0.1) is 6.58 Å². The van der Waals surface area contributed by atoms with Crippen LogP contribution < -0.4 is 0 Å². The fourth-order valence-electron chi connectivity index (χ4n) is 2.47. The number of ether oxygens (including phenoxy) is 1. The number of esters is 1. The summed E-state index contributed by atoms with van der Waals surface area (Å²) in [6, 6.07) is 0. The van der Waals surface area contributed by atoms with E-state index < -0.39 is 18.0 Å². The van der Waals surface area contributed by atoms with Gasteiger partial charge in [-0.2, -0.15) is 13.2 Å². The van der Waals surface area contributed by atoms with Gasteiger partial charge in [0.2, 0.25) is 0 Å². The van der Waals surface area contributed by atoms with E-state index in [0.29, 0.717) is 6.42 Å². The predicted octanol–water partition coefficient (Wildman–Crippen LogP) is 5.82. The highest BCUT2D eigenvalue weighted by atomic mass is 19.4. The summed E-state index contributed by atoms with van der Waals surface area (Å²) in [7, 11) is 0. The molecule has 0 N–H and O–H groups in total. The molecule has 130 valence electrons. The summed E-state index contributed by atoms with van der Waals surface area (Å²) < 4.78 is 41.9. The fraction of sp³-hybridized carbons (Fsp3) is 0.824. The number of hydrogen-bond donors (Lipinski definition) is 0. The van der Waals surface area contributed by atoms with Gasteiger partial charge in [0.1, 0.15) is 0 Å². The molecule has 0 aliphatic rings. The predicted molar refractivity (Wildman–Crippen MR) is 82.5 cm³/mol. The molecule has 0 aromatic heterocycles. The molecule has 0 saturated carbocycles. The molecule has 0 bridgehead atoms. The lowest BCUT2D eigenvalue weighted by Gasteiger charge is -2.27. The fourth-order valence-corrected chi connectivity index (χ4v) is 2.47. The van der Waals surface area contributed by atoms with Gasteiger partial charge in [-0.1, -0.05) is 25.3 Å². The van der Waals surface area contributed by atoms with Gasteiger partial charge < -0.3 is 4.74 Å². The zero-order valence-electron chi connectivity index (χ0n) is 13.8. The summed E-state index contributed by atoms with van der Waals surface area (Å²) in [4.78, 5) is 12.1. The first-order valence-corrected chi connectivity index (χ1v) is 8.10. The highest BCUT2D eigenvalue weighted by Crippen LogP contribution is 2.34. The van der Waals surface area contributed by atoms with Gasteiger partial charge in [-0.3, -0.25) is 4.79 Å². The minimum atomic E-state index is -4.17. The summed E-state index contributed by atoms with van der Waals surface area (Å²) in [5.74, 6) is -0.372. The summed E-state index contributed by atoms with van der Waals surface area (Å²) in [6.45, 7) is 7.36. The molecule has 22 heavy (non-hydrogen) atoms. The Hall–Kier alpha value is -1.00. The Kier molecular flexibility index (Phi) is 10.2. The van der Waals surface area contributed by atoms with Crippen LogP contribution in [-0.2, 0) is 9.53 Å². The molecule has 0 heterocycles. The first kappa shape index (κ1) is 21.0. The van der Waals surface area contributed by atoms with Gasteiger partial charge in [0, 0.05) is 6.42 Å². The summed E-state index contributed by atoms with van der Waals surface area (Å²) >= 11 is 0. The van der Waals surface area contributed by atoms with E-state index in [9.17, 15) is 18.0 Å². The lowest BCUT2D eigenvalue weighted by molar-refractivity contribution is -0.157. The smallest absolute Gasteiger partial charge is 0.389 e. The molecule has 0 fully saturated rings. The Bertz CT molecular complexity index is 326. The molecule has 0 saturated heterocycles. The van der Waals surface area contributed by atoms with Crippen molar-refractivity contribution in [2.24, 2.45) is 5.41 Å². The molecule has 0 aliphatic carbocycles. The van der Waals surface area contributed by atoms with Crippen molar-refractivity contribution < 1.29 is 22.7 Å². The molecule has 0 aromatic carbocycles. The third-order valence-electron chi connectivity index (χ3n) is 3.84. The van der Waals surface area contributed by atoms with Crippen molar-refractivity contribution in [3.63, 3.8) is 0 Å². The largest absolute Gasteiger partial charge is 0.466 e. The molecule has 0 aliphatic heterocycles. The second-order valence-electron chi connectivity index (χ2n) is 5.99. The number of unbranched alkanes of at least 4 members (excludes halogenated alkanes) is 4. The van der Waals surface area contributed by atoms with Crippen LogP contribution in [-0.4, -0.2) is 18.8 Å².